The molecule has 3 amide bonds. The summed E-state index contributed by atoms with van der Waals surface area (Å²) in [7, 11) is 0. The van der Waals surface area contributed by atoms with Gasteiger partial charge in [-0.1, -0.05) is 17.4 Å². The number of thiazole rings is 1. The van der Waals surface area contributed by atoms with Gasteiger partial charge in [-0.25, -0.2) is 19.6 Å². The highest BCUT2D eigenvalue weighted by molar-refractivity contribution is 7.15. The largest absolute Gasteiger partial charge is 0.444 e. The van der Waals surface area contributed by atoms with Crippen LogP contribution in [0, 0.1) is 0 Å². The summed E-state index contributed by atoms with van der Waals surface area (Å²) in [5, 5.41) is 14.1. The van der Waals surface area contributed by atoms with Gasteiger partial charge in [0.1, 0.15) is 23.4 Å². The van der Waals surface area contributed by atoms with E-state index in [0.29, 0.717) is 42.0 Å². The molecule has 0 saturated carbocycles. The zero-order valence-corrected chi connectivity index (χ0v) is 20.6. The molecule has 180 valence electrons. The molecule has 0 aliphatic carbocycles. The minimum atomic E-state index is -0.550. The first-order valence-electron chi connectivity index (χ1n) is 11.0. The van der Waals surface area contributed by atoms with Crippen molar-refractivity contribution in [1.82, 2.24) is 29.6 Å². The lowest BCUT2D eigenvalue weighted by atomic mass is 10.2. The number of nitrogens with zero attached hydrogens (tertiary/aromatic N) is 6. The van der Waals surface area contributed by atoms with Gasteiger partial charge in [0.05, 0.1) is 12.2 Å². The van der Waals surface area contributed by atoms with E-state index in [2.05, 4.69) is 30.8 Å². The van der Waals surface area contributed by atoms with Crippen molar-refractivity contribution in [2.75, 3.05) is 17.2 Å². The number of carbonyl (C=O) groups is 2. The molecule has 12 heteroatoms. The van der Waals surface area contributed by atoms with Crippen LogP contribution >= 0.6 is 11.3 Å². The lowest BCUT2D eigenvalue weighted by Gasteiger charge is -2.29. The van der Waals surface area contributed by atoms with Crippen LogP contribution in [0.5, 0.6) is 0 Å². The molecule has 1 aliphatic heterocycles. The molecular formula is C22H28N8O3S. The normalized spacial score (nSPS) is 13.5. The summed E-state index contributed by atoms with van der Waals surface area (Å²) in [5.74, 6) is 1.01. The van der Waals surface area contributed by atoms with Gasteiger partial charge in [-0.15, -0.1) is 10.2 Å². The molecule has 3 aromatic heterocycles. The van der Waals surface area contributed by atoms with Crippen molar-refractivity contribution in [3.63, 3.8) is 0 Å². The molecule has 11 nitrogen and oxygen atoms in total. The van der Waals surface area contributed by atoms with Gasteiger partial charge in [0.15, 0.2) is 11.0 Å². The number of anilines is 2. The molecule has 0 bridgehead atoms. The number of urea groups is 1. The van der Waals surface area contributed by atoms with Gasteiger partial charge in [0.25, 0.3) is 0 Å². The first kappa shape index (κ1) is 23.6. The van der Waals surface area contributed by atoms with Crippen molar-refractivity contribution in [2.45, 2.75) is 59.2 Å². The minimum Gasteiger partial charge on any atom is -0.444 e. The molecular weight excluding hydrogens is 456 g/mol. The number of hydrogen-bond donors (Lipinski definition) is 2. The van der Waals surface area contributed by atoms with E-state index < -0.39 is 11.6 Å². The van der Waals surface area contributed by atoms with Crippen LogP contribution in [-0.2, 0) is 17.7 Å². The van der Waals surface area contributed by atoms with E-state index in [1.54, 1.807) is 23.4 Å². The van der Waals surface area contributed by atoms with Crippen LogP contribution in [0.2, 0.25) is 0 Å². The second-order valence-corrected chi connectivity index (χ2v) is 10.3. The number of pyridine rings is 1. The standard InChI is InChI=1S/C22H28N8O3S/c1-13(2)30-12-23-28-18(30)15-7-6-8-17(24-15)26-19(31)27-20-25-14-9-10-29(11-16(14)34-20)21(32)33-22(3,4)5/h6-8,12-13H,9-11H2,1-5H3,(H2,24,25,26,27,31). The van der Waals surface area contributed by atoms with Crippen molar-refractivity contribution >= 4 is 34.4 Å². The Morgan fingerprint density at radius 3 is 2.71 bits per heavy atom. The van der Waals surface area contributed by atoms with Gasteiger partial charge in [-0.05, 0) is 46.8 Å². The molecule has 0 unspecified atom stereocenters. The smallest absolute Gasteiger partial charge is 0.410 e. The highest BCUT2D eigenvalue weighted by atomic mass is 32.1. The number of rotatable bonds is 4. The average molecular weight is 485 g/mol. The highest BCUT2D eigenvalue weighted by Crippen LogP contribution is 2.29. The quantitative estimate of drug-likeness (QED) is 0.565. The van der Waals surface area contributed by atoms with Gasteiger partial charge < -0.3 is 14.2 Å². The highest BCUT2D eigenvalue weighted by Gasteiger charge is 2.28. The molecule has 0 atom stereocenters. The van der Waals surface area contributed by atoms with E-state index >= 15 is 0 Å². The van der Waals surface area contributed by atoms with Crippen LogP contribution in [0.25, 0.3) is 11.5 Å². The van der Waals surface area contributed by atoms with Gasteiger partial charge in [0.2, 0.25) is 0 Å². The van der Waals surface area contributed by atoms with E-state index in [4.69, 9.17) is 4.74 Å². The summed E-state index contributed by atoms with van der Waals surface area (Å²) in [5.41, 5.74) is 0.940. The van der Waals surface area contributed by atoms with E-state index in [1.165, 1.54) is 11.3 Å². The fraction of sp³-hybridized carbons (Fsp3) is 0.455. The fourth-order valence-corrected chi connectivity index (χ4v) is 4.43. The lowest BCUT2D eigenvalue weighted by Crippen LogP contribution is -2.39. The zero-order valence-electron chi connectivity index (χ0n) is 19.8. The number of ether oxygens (including phenoxy) is 1. The molecule has 1 aliphatic rings. The SMILES string of the molecule is CC(C)n1cnnc1-c1cccc(NC(=O)Nc2nc3c(s2)CN(C(=O)OC(C)(C)C)CC3)n1. The third-order valence-electron chi connectivity index (χ3n) is 4.95. The van der Waals surface area contributed by atoms with Gasteiger partial charge in [-0.3, -0.25) is 10.6 Å². The summed E-state index contributed by atoms with van der Waals surface area (Å²) in [6, 6.07) is 5.03. The second kappa shape index (κ2) is 9.37. The Hall–Kier alpha value is -3.54. The summed E-state index contributed by atoms with van der Waals surface area (Å²) in [4.78, 5) is 36.6. The molecule has 4 heterocycles. The summed E-state index contributed by atoms with van der Waals surface area (Å²) in [6.45, 7) is 10.5. The molecule has 0 saturated heterocycles. The van der Waals surface area contributed by atoms with E-state index in [-0.39, 0.29) is 12.1 Å². The first-order valence-corrected chi connectivity index (χ1v) is 11.8. The molecule has 0 fully saturated rings. The number of aromatic nitrogens is 5. The molecule has 3 aromatic rings. The van der Waals surface area contributed by atoms with Crippen molar-refractivity contribution in [3.8, 4) is 11.5 Å². The number of hydrogen-bond acceptors (Lipinski definition) is 8. The Kier molecular flexibility index (Phi) is 6.51. The zero-order chi connectivity index (χ0) is 24.5. The minimum absolute atomic E-state index is 0.175. The second-order valence-electron chi connectivity index (χ2n) is 9.18. The molecule has 0 radical (unpaired) electrons. The number of amides is 3. The molecule has 0 spiro atoms. The summed E-state index contributed by atoms with van der Waals surface area (Å²) >= 11 is 1.35. The maximum atomic E-state index is 12.6. The molecule has 34 heavy (non-hydrogen) atoms. The van der Waals surface area contributed by atoms with E-state index in [0.717, 1.165) is 10.6 Å². The van der Waals surface area contributed by atoms with Crippen LogP contribution in [0.3, 0.4) is 0 Å². The maximum Gasteiger partial charge on any atom is 0.410 e. The molecule has 2 N–H and O–H groups in total. The summed E-state index contributed by atoms with van der Waals surface area (Å²) < 4.78 is 7.37. The van der Waals surface area contributed by atoms with Gasteiger partial charge in [0, 0.05) is 23.9 Å². The number of nitrogens with one attached hydrogen (secondary N) is 2. The van der Waals surface area contributed by atoms with E-state index in [9.17, 15) is 9.59 Å². The fourth-order valence-electron chi connectivity index (χ4n) is 3.41. The van der Waals surface area contributed by atoms with Crippen LogP contribution in [0.4, 0.5) is 20.5 Å². The van der Waals surface area contributed by atoms with E-state index in [1.807, 2.05) is 45.3 Å². The maximum absolute atomic E-state index is 12.6. The lowest BCUT2D eigenvalue weighted by molar-refractivity contribution is 0.0225. The number of fused-ring (bicyclic) bond motifs is 1. The Balaban J connectivity index is 1.40. The van der Waals surface area contributed by atoms with Crippen molar-refractivity contribution < 1.29 is 14.3 Å². The molecule has 0 aromatic carbocycles. The topological polar surface area (TPSA) is 127 Å². The van der Waals surface area contributed by atoms with Crippen LogP contribution in [0.1, 0.15) is 51.2 Å². The predicted molar refractivity (Wildman–Crippen MR) is 129 cm³/mol. The first-order chi connectivity index (χ1) is 16.1. The van der Waals surface area contributed by atoms with Gasteiger partial charge in [-0.2, -0.15) is 0 Å². The van der Waals surface area contributed by atoms with Crippen molar-refractivity contribution in [2.24, 2.45) is 0 Å². The van der Waals surface area contributed by atoms with Crippen LogP contribution < -0.4 is 10.6 Å². The Bertz CT molecular complexity index is 1200. The van der Waals surface area contributed by atoms with Crippen molar-refractivity contribution in [1.29, 1.82) is 0 Å². The predicted octanol–water partition coefficient (Wildman–Crippen LogP) is 4.31. The van der Waals surface area contributed by atoms with Crippen LogP contribution in [0.15, 0.2) is 24.5 Å². The van der Waals surface area contributed by atoms with Gasteiger partial charge >= 0.3 is 12.1 Å². The number of carbonyl (C=O) groups excluding carboxylic acids is 2. The summed E-state index contributed by atoms with van der Waals surface area (Å²) in [6.07, 6.45) is 1.91. The average Bonchev–Trinajstić information content (AvgIpc) is 3.38. The Labute approximate surface area is 201 Å². The third kappa shape index (κ3) is 5.50. The van der Waals surface area contributed by atoms with Crippen LogP contribution in [-0.4, -0.2) is 53.9 Å². The van der Waals surface area contributed by atoms with Crippen molar-refractivity contribution in [3.05, 3.63) is 35.1 Å². The monoisotopic (exact) mass is 484 g/mol. The third-order valence-corrected chi connectivity index (χ3v) is 5.95. The Morgan fingerprint density at radius 2 is 1.97 bits per heavy atom. The Morgan fingerprint density at radius 1 is 1.18 bits per heavy atom. The molecule has 4 rings (SSSR count).